The van der Waals surface area contributed by atoms with Gasteiger partial charge in [-0.3, -0.25) is 4.79 Å². The highest BCUT2D eigenvalue weighted by Crippen LogP contribution is 2.30. The highest BCUT2D eigenvalue weighted by Gasteiger charge is 2.33. The molecule has 2 fully saturated rings. The van der Waals surface area contributed by atoms with E-state index in [-0.39, 0.29) is 5.91 Å². The molecule has 0 radical (unpaired) electrons. The first-order valence-electron chi connectivity index (χ1n) is 6.87. The summed E-state index contributed by atoms with van der Waals surface area (Å²) in [4.78, 5) is 14.1. The number of carbonyl (C=O) groups is 1. The summed E-state index contributed by atoms with van der Waals surface area (Å²) in [6, 6.07) is 7.59. The maximum atomic E-state index is 12.2. The molecule has 2 aliphatic heterocycles. The van der Waals surface area contributed by atoms with Gasteiger partial charge in [0.2, 0.25) is 0 Å². The number of benzene rings is 1. The second-order valence-electron chi connectivity index (χ2n) is 5.22. The normalized spacial score (nSPS) is 21.8. The third-order valence-corrected chi connectivity index (χ3v) is 3.89. The molecule has 0 saturated carbocycles. The average molecular weight is 261 g/mol. The van der Waals surface area contributed by atoms with Crippen molar-refractivity contribution in [2.24, 2.45) is 0 Å². The molecule has 2 saturated heterocycles. The standard InChI is InChI=1S/C15H19NO3/c1-15(18-10-11-19-15)13-6-4-12(5-7-13)14(17)16-8-2-3-9-16/h4-7H,2-3,8-11H2,1H3. The smallest absolute Gasteiger partial charge is 0.253 e. The van der Waals surface area contributed by atoms with Crippen molar-refractivity contribution < 1.29 is 14.3 Å². The Kier molecular flexibility index (Phi) is 3.29. The topological polar surface area (TPSA) is 38.8 Å². The molecule has 102 valence electrons. The first-order valence-corrected chi connectivity index (χ1v) is 6.87. The van der Waals surface area contributed by atoms with E-state index >= 15 is 0 Å². The molecular formula is C15H19NO3. The molecule has 19 heavy (non-hydrogen) atoms. The summed E-state index contributed by atoms with van der Waals surface area (Å²) in [5, 5.41) is 0. The zero-order chi connectivity index (χ0) is 13.3. The van der Waals surface area contributed by atoms with Crippen LogP contribution in [0.3, 0.4) is 0 Å². The fourth-order valence-electron chi connectivity index (χ4n) is 2.70. The molecule has 1 aromatic rings. The van der Waals surface area contributed by atoms with E-state index in [9.17, 15) is 4.79 Å². The Labute approximate surface area is 113 Å². The molecule has 4 heteroatoms. The van der Waals surface area contributed by atoms with Gasteiger partial charge in [-0.15, -0.1) is 0 Å². The number of carbonyl (C=O) groups excluding carboxylic acids is 1. The molecule has 1 amide bonds. The van der Waals surface area contributed by atoms with Gasteiger partial charge in [0.05, 0.1) is 13.2 Å². The van der Waals surface area contributed by atoms with Crippen molar-refractivity contribution in [2.45, 2.75) is 25.6 Å². The zero-order valence-corrected chi connectivity index (χ0v) is 11.2. The van der Waals surface area contributed by atoms with Crippen LogP contribution in [0.4, 0.5) is 0 Å². The Morgan fingerprint density at radius 3 is 2.26 bits per heavy atom. The lowest BCUT2D eigenvalue weighted by Crippen LogP contribution is -2.28. The van der Waals surface area contributed by atoms with E-state index in [2.05, 4.69) is 0 Å². The van der Waals surface area contributed by atoms with Gasteiger partial charge >= 0.3 is 0 Å². The lowest BCUT2D eigenvalue weighted by atomic mass is 10.0. The molecule has 0 spiro atoms. The Morgan fingerprint density at radius 2 is 1.68 bits per heavy atom. The first-order chi connectivity index (χ1) is 9.19. The largest absolute Gasteiger partial charge is 0.344 e. The van der Waals surface area contributed by atoms with Crippen LogP contribution in [0, 0.1) is 0 Å². The number of rotatable bonds is 2. The molecule has 1 aromatic carbocycles. The summed E-state index contributed by atoms with van der Waals surface area (Å²) in [5.41, 5.74) is 1.70. The lowest BCUT2D eigenvalue weighted by molar-refractivity contribution is -0.149. The van der Waals surface area contributed by atoms with Crippen molar-refractivity contribution >= 4 is 5.91 Å². The summed E-state index contributed by atoms with van der Waals surface area (Å²) in [7, 11) is 0. The number of likely N-dealkylation sites (tertiary alicyclic amines) is 1. The van der Waals surface area contributed by atoms with Crippen LogP contribution in [-0.2, 0) is 15.3 Å². The minimum atomic E-state index is -0.658. The Bertz CT molecular complexity index is 457. The third-order valence-electron chi connectivity index (χ3n) is 3.89. The fraction of sp³-hybridized carbons (Fsp3) is 0.533. The van der Waals surface area contributed by atoms with Gasteiger partial charge in [-0.05, 0) is 31.9 Å². The van der Waals surface area contributed by atoms with E-state index < -0.39 is 5.79 Å². The van der Waals surface area contributed by atoms with E-state index in [1.54, 1.807) is 0 Å². The molecule has 0 aliphatic carbocycles. The predicted octanol–water partition coefficient (Wildman–Crippen LogP) is 2.14. The lowest BCUT2D eigenvalue weighted by Gasteiger charge is -2.23. The van der Waals surface area contributed by atoms with Gasteiger partial charge in [0.1, 0.15) is 0 Å². The van der Waals surface area contributed by atoms with E-state index in [4.69, 9.17) is 9.47 Å². The molecule has 2 aliphatic rings. The molecule has 0 unspecified atom stereocenters. The van der Waals surface area contributed by atoms with Crippen LogP contribution in [0.25, 0.3) is 0 Å². The number of nitrogens with zero attached hydrogens (tertiary/aromatic N) is 1. The molecule has 2 heterocycles. The van der Waals surface area contributed by atoms with Gasteiger partial charge in [0, 0.05) is 24.2 Å². The van der Waals surface area contributed by atoms with Gasteiger partial charge in [-0.25, -0.2) is 0 Å². The quantitative estimate of drug-likeness (QED) is 0.818. The molecule has 0 aromatic heterocycles. The predicted molar refractivity (Wildman–Crippen MR) is 70.8 cm³/mol. The highest BCUT2D eigenvalue weighted by atomic mass is 16.7. The minimum Gasteiger partial charge on any atom is -0.344 e. The van der Waals surface area contributed by atoms with Crippen LogP contribution in [0.2, 0.25) is 0 Å². The van der Waals surface area contributed by atoms with Crippen LogP contribution in [0.15, 0.2) is 24.3 Å². The van der Waals surface area contributed by atoms with Crippen LogP contribution in [0.5, 0.6) is 0 Å². The number of hydrogen-bond acceptors (Lipinski definition) is 3. The van der Waals surface area contributed by atoms with Gasteiger partial charge in [-0.2, -0.15) is 0 Å². The van der Waals surface area contributed by atoms with E-state index in [1.165, 1.54) is 0 Å². The van der Waals surface area contributed by atoms with Crippen molar-refractivity contribution in [2.75, 3.05) is 26.3 Å². The van der Waals surface area contributed by atoms with Crippen molar-refractivity contribution in [3.05, 3.63) is 35.4 Å². The van der Waals surface area contributed by atoms with Gasteiger partial charge < -0.3 is 14.4 Å². The van der Waals surface area contributed by atoms with E-state index in [1.807, 2.05) is 36.1 Å². The van der Waals surface area contributed by atoms with Crippen molar-refractivity contribution in [3.63, 3.8) is 0 Å². The van der Waals surface area contributed by atoms with Gasteiger partial charge in [0.15, 0.2) is 5.79 Å². The summed E-state index contributed by atoms with van der Waals surface area (Å²) in [6.45, 7) is 4.91. The second-order valence-corrected chi connectivity index (χ2v) is 5.22. The molecular weight excluding hydrogens is 242 g/mol. The van der Waals surface area contributed by atoms with Gasteiger partial charge in [-0.1, -0.05) is 12.1 Å². The SMILES string of the molecule is CC1(c2ccc(C(=O)N3CCCC3)cc2)OCCO1. The molecule has 0 bridgehead atoms. The van der Waals surface area contributed by atoms with Gasteiger partial charge in [0.25, 0.3) is 5.91 Å². The number of ether oxygens (including phenoxy) is 2. The van der Waals surface area contributed by atoms with Crippen LogP contribution < -0.4 is 0 Å². The summed E-state index contributed by atoms with van der Waals surface area (Å²) < 4.78 is 11.2. The van der Waals surface area contributed by atoms with Crippen molar-refractivity contribution in [1.82, 2.24) is 4.90 Å². The number of amides is 1. The minimum absolute atomic E-state index is 0.127. The molecule has 4 nitrogen and oxygen atoms in total. The summed E-state index contributed by atoms with van der Waals surface area (Å²) in [5.74, 6) is -0.530. The van der Waals surface area contributed by atoms with Crippen LogP contribution in [0.1, 0.15) is 35.7 Å². The van der Waals surface area contributed by atoms with Crippen LogP contribution in [-0.4, -0.2) is 37.1 Å². The monoisotopic (exact) mass is 261 g/mol. The van der Waals surface area contributed by atoms with Crippen molar-refractivity contribution in [3.8, 4) is 0 Å². The fourth-order valence-corrected chi connectivity index (χ4v) is 2.70. The number of hydrogen-bond donors (Lipinski definition) is 0. The second kappa shape index (κ2) is 4.94. The Morgan fingerprint density at radius 1 is 1.11 bits per heavy atom. The average Bonchev–Trinajstić information content (AvgIpc) is 3.10. The maximum Gasteiger partial charge on any atom is 0.253 e. The molecule has 0 N–H and O–H groups in total. The summed E-state index contributed by atoms with van der Waals surface area (Å²) in [6.07, 6.45) is 2.23. The third kappa shape index (κ3) is 2.38. The zero-order valence-electron chi connectivity index (χ0n) is 11.2. The maximum absolute atomic E-state index is 12.2. The van der Waals surface area contributed by atoms with E-state index in [0.29, 0.717) is 13.2 Å². The first kappa shape index (κ1) is 12.6. The molecule has 3 rings (SSSR count). The van der Waals surface area contributed by atoms with Crippen LogP contribution >= 0.6 is 0 Å². The Hall–Kier alpha value is -1.39. The summed E-state index contributed by atoms with van der Waals surface area (Å²) >= 11 is 0. The Balaban J connectivity index is 1.76. The highest BCUT2D eigenvalue weighted by molar-refractivity contribution is 5.94. The van der Waals surface area contributed by atoms with E-state index in [0.717, 1.165) is 37.1 Å². The van der Waals surface area contributed by atoms with Crippen molar-refractivity contribution in [1.29, 1.82) is 0 Å². The molecule has 0 atom stereocenters.